The zero-order chi connectivity index (χ0) is 10.6. The Bertz CT molecular complexity index is 280. The smallest absolute Gasteiger partial charge is 0.123 e. The average Bonchev–Trinajstić information content (AvgIpc) is 2.21. The van der Waals surface area contributed by atoms with Gasteiger partial charge in [-0.05, 0) is 24.3 Å². The van der Waals surface area contributed by atoms with E-state index in [0.29, 0.717) is 0 Å². The molecule has 1 aromatic carbocycles. The van der Waals surface area contributed by atoms with Crippen LogP contribution in [-0.2, 0) is 6.04 Å². The van der Waals surface area contributed by atoms with Gasteiger partial charge in [0, 0.05) is 0 Å². The second-order valence-corrected chi connectivity index (χ2v) is 9.26. The first-order valence-corrected chi connectivity index (χ1v) is 8.16. The molecule has 0 saturated carbocycles. The number of benzene rings is 1. The summed E-state index contributed by atoms with van der Waals surface area (Å²) in [6, 6.07) is 9.02. The fourth-order valence-electron chi connectivity index (χ4n) is 1.44. The Morgan fingerprint density at radius 3 is 2.29 bits per heavy atom. The molecule has 0 heterocycles. The van der Waals surface area contributed by atoms with E-state index in [2.05, 4.69) is 13.5 Å². The van der Waals surface area contributed by atoms with Crippen molar-refractivity contribution in [2.75, 3.05) is 6.17 Å². The molecule has 0 radical (unpaired) electrons. The van der Waals surface area contributed by atoms with E-state index in [-0.39, 0.29) is 5.82 Å². The van der Waals surface area contributed by atoms with Crippen molar-refractivity contribution in [1.82, 2.24) is 0 Å². The zero-order valence-corrected chi connectivity index (χ0v) is 9.89. The first kappa shape index (κ1) is 11.4. The Balaban J connectivity index is 2.72. The third kappa shape index (κ3) is 2.92. The van der Waals surface area contributed by atoms with Crippen LogP contribution in [0.25, 0.3) is 0 Å². The molecule has 1 rings (SSSR count). The van der Waals surface area contributed by atoms with Crippen LogP contribution in [0.3, 0.4) is 0 Å². The SMILES string of the molecule is CC[Si](C)(CN)Cc1ccc(F)cc1. The zero-order valence-electron chi connectivity index (χ0n) is 8.89. The third-order valence-corrected chi connectivity index (χ3v) is 6.85. The summed E-state index contributed by atoms with van der Waals surface area (Å²) in [5, 5.41) is 0. The summed E-state index contributed by atoms with van der Waals surface area (Å²) in [7, 11) is -1.30. The van der Waals surface area contributed by atoms with Crippen molar-refractivity contribution in [2.45, 2.75) is 25.6 Å². The van der Waals surface area contributed by atoms with Gasteiger partial charge in [-0.2, -0.15) is 0 Å². The lowest BCUT2D eigenvalue weighted by molar-refractivity contribution is 0.627. The monoisotopic (exact) mass is 211 g/mol. The van der Waals surface area contributed by atoms with Crippen LogP contribution < -0.4 is 5.73 Å². The summed E-state index contributed by atoms with van der Waals surface area (Å²) in [6.45, 7) is 4.50. The van der Waals surface area contributed by atoms with Crippen LogP contribution >= 0.6 is 0 Å². The van der Waals surface area contributed by atoms with Crippen molar-refractivity contribution in [3.63, 3.8) is 0 Å². The minimum atomic E-state index is -1.30. The maximum absolute atomic E-state index is 12.7. The Morgan fingerprint density at radius 1 is 1.29 bits per heavy atom. The van der Waals surface area contributed by atoms with Crippen molar-refractivity contribution >= 4 is 8.07 Å². The Kier molecular flexibility index (Phi) is 3.83. The van der Waals surface area contributed by atoms with Gasteiger partial charge in [-0.3, -0.25) is 0 Å². The number of hydrogen-bond acceptors (Lipinski definition) is 1. The highest BCUT2D eigenvalue weighted by molar-refractivity contribution is 6.78. The van der Waals surface area contributed by atoms with Crippen molar-refractivity contribution in [3.05, 3.63) is 35.6 Å². The molecule has 0 spiro atoms. The summed E-state index contributed by atoms with van der Waals surface area (Å²) < 4.78 is 12.7. The molecule has 0 aliphatic rings. The molecule has 2 N–H and O–H groups in total. The molecule has 0 fully saturated rings. The predicted molar refractivity (Wildman–Crippen MR) is 61.3 cm³/mol. The molecule has 0 aliphatic heterocycles. The lowest BCUT2D eigenvalue weighted by Crippen LogP contribution is -2.41. The second-order valence-electron chi connectivity index (χ2n) is 4.17. The molecule has 0 aliphatic carbocycles. The highest BCUT2D eigenvalue weighted by atomic mass is 28.3. The highest BCUT2D eigenvalue weighted by Crippen LogP contribution is 2.15. The maximum Gasteiger partial charge on any atom is 0.123 e. The van der Waals surface area contributed by atoms with Crippen LogP contribution in [0.15, 0.2) is 24.3 Å². The molecule has 0 bridgehead atoms. The molecule has 1 aromatic rings. The van der Waals surface area contributed by atoms with E-state index in [0.717, 1.165) is 12.2 Å². The van der Waals surface area contributed by atoms with Crippen molar-refractivity contribution in [1.29, 1.82) is 0 Å². The lowest BCUT2D eigenvalue weighted by atomic mass is 10.2. The average molecular weight is 211 g/mol. The first-order chi connectivity index (χ1) is 6.59. The van der Waals surface area contributed by atoms with E-state index in [1.165, 1.54) is 23.7 Å². The van der Waals surface area contributed by atoms with E-state index < -0.39 is 8.07 Å². The quantitative estimate of drug-likeness (QED) is 0.761. The summed E-state index contributed by atoms with van der Waals surface area (Å²) >= 11 is 0. The predicted octanol–water partition coefficient (Wildman–Crippen LogP) is 2.50. The molecule has 0 aromatic heterocycles. The Morgan fingerprint density at radius 2 is 1.86 bits per heavy atom. The number of rotatable bonds is 4. The van der Waals surface area contributed by atoms with Crippen molar-refractivity contribution in [2.24, 2.45) is 5.73 Å². The summed E-state index contributed by atoms with van der Waals surface area (Å²) in [4.78, 5) is 0. The minimum absolute atomic E-state index is 0.165. The molecule has 78 valence electrons. The summed E-state index contributed by atoms with van der Waals surface area (Å²) in [5.41, 5.74) is 7.00. The minimum Gasteiger partial charge on any atom is -0.333 e. The fraction of sp³-hybridized carbons (Fsp3) is 0.455. The van der Waals surface area contributed by atoms with E-state index in [4.69, 9.17) is 5.73 Å². The maximum atomic E-state index is 12.7. The first-order valence-electron chi connectivity index (χ1n) is 5.04. The van der Waals surface area contributed by atoms with Crippen molar-refractivity contribution < 1.29 is 4.39 Å². The summed E-state index contributed by atoms with van der Waals surface area (Å²) in [5.74, 6) is -0.165. The molecule has 0 saturated heterocycles. The van der Waals surface area contributed by atoms with Gasteiger partial charge in [0.1, 0.15) is 5.82 Å². The van der Waals surface area contributed by atoms with Gasteiger partial charge in [-0.15, -0.1) is 0 Å². The van der Waals surface area contributed by atoms with E-state index in [1.54, 1.807) is 0 Å². The van der Waals surface area contributed by atoms with Gasteiger partial charge in [0.15, 0.2) is 0 Å². The van der Waals surface area contributed by atoms with Crippen LogP contribution in [0.1, 0.15) is 12.5 Å². The van der Waals surface area contributed by atoms with Gasteiger partial charge in [-0.25, -0.2) is 4.39 Å². The Labute approximate surface area is 86.1 Å². The largest absolute Gasteiger partial charge is 0.333 e. The molecule has 1 unspecified atom stereocenters. The topological polar surface area (TPSA) is 26.0 Å². The second kappa shape index (κ2) is 4.71. The fourth-order valence-corrected chi connectivity index (χ4v) is 3.34. The van der Waals surface area contributed by atoms with Gasteiger partial charge >= 0.3 is 0 Å². The molecule has 1 nitrogen and oxygen atoms in total. The standard InChI is InChI=1S/C11H18FNSi/c1-3-14(2,9-13)8-10-4-6-11(12)7-5-10/h4-7H,3,8-9,13H2,1-2H3. The van der Waals surface area contributed by atoms with Gasteiger partial charge in [0.05, 0.1) is 8.07 Å². The van der Waals surface area contributed by atoms with E-state index in [1.807, 2.05) is 12.1 Å². The Hall–Kier alpha value is -0.673. The van der Waals surface area contributed by atoms with Crippen LogP contribution in [0.4, 0.5) is 4.39 Å². The van der Waals surface area contributed by atoms with Gasteiger partial charge in [0.2, 0.25) is 0 Å². The lowest BCUT2D eigenvalue weighted by Gasteiger charge is -2.23. The van der Waals surface area contributed by atoms with E-state index >= 15 is 0 Å². The molecular weight excluding hydrogens is 193 g/mol. The molecular formula is C11H18FNSi. The van der Waals surface area contributed by atoms with Crippen LogP contribution in [0, 0.1) is 5.82 Å². The summed E-state index contributed by atoms with van der Waals surface area (Å²) in [6.07, 6.45) is 0.806. The van der Waals surface area contributed by atoms with Crippen LogP contribution in [-0.4, -0.2) is 14.2 Å². The number of halogens is 1. The van der Waals surface area contributed by atoms with Gasteiger partial charge < -0.3 is 5.73 Å². The normalized spacial score (nSPS) is 15.1. The van der Waals surface area contributed by atoms with Crippen LogP contribution in [0.5, 0.6) is 0 Å². The molecule has 14 heavy (non-hydrogen) atoms. The van der Waals surface area contributed by atoms with Crippen LogP contribution in [0.2, 0.25) is 12.6 Å². The van der Waals surface area contributed by atoms with Crippen molar-refractivity contribution in [3.8, 4) is 0 Å². The van der Waals surface area contributed by atoms with Gasteiger partial charge in [-0.1, -0.05) is 37.2 Å². The molecule has 3 heteroatoms. The van der Waals surface area contributed by atoms with Gasteiger partial charge in [0.25, 0.3) is 0 Å². The molecule has 1 atom stereocenters. The number of hydrogen-bond donors (Lipinski definition) is 1. The van der Waals surface area contributed by atoms with E-state index in [9.17, 15) is 4.39 Å². The molecule has 0 amide bonds. The third-order valence-electron chi connectivity index (χ3n) is 2.89. The number of nitrogens with two attached hydrogens (primary N) is 1. The highest BCUT2D eigenvalue weighted by Gasteiger charge is 2.22.